The van der Waals surface area contributed by atoms with Gasteiger partial charge in [-0.25, -0.2) is 0 Å². The van der Waals surface area contributed by atoms with Crippen molar-refractivity contribution in [2.24, 2.45) is 0 Å². The van der Waals surface area contributed by atoms with E-state index in [1.807, 2.05) is 0 Å². The molecular formula is C10H17NOS. The maximum absolute atomic E-state index is 8.69. The lowest BCUT2D eigenvalue weighted by atomic mass is 9.89. The minimum atomic E-state index is 0.0495. The SMILES string of the molecule is Cc1ccsc1C(C)(C)CNCO. The van der Waals surface area contributed by atoms with Gasteiger partial charge in [0.1, 0.15) is 0 Å². The van der Waals surface area contributed by atoms with Gasteiger partial charge >= 0.3 is 0 Å². The van der Waals surface area contributed by atoms with Crippen LogP contribution in [0.2, 0.25) is 0 Å². The first-order chi connectivity index (χ1) is 6.08. The van der Waals surface area contributed by atoms with Crippen molar-refractivity contribution in [2.75, 3.05) is 13.3 Å². The van der Waals surface area contributed by atoms with Crippen LogP contribution >= 0.6 is 11.3 Å². The fourth-order valence-corrected chi connectivity index (χ4v) is 2.57. The largest absolute Gasteiger partial charge is 0.381 e. The Balaban J connectivity index is 2.74. The lowest BCUT2D eigenvalue weighted by molar-refractivity contribution is 0.248. The zero-order valence-corrected chi connectivity index (χ0v) is 9.24. The highest BCUT2D eigenvalue weighted by atomic mass is 32.1. The average molecular weight is 199 g/mol. The Morgan fingerprint density at radius 3 is 2.69 bits per heavy atom. The third-order valence-corrected chi connectivity index (χ3v) is 3.54. The van der Waals surface area contributed by atoms with Gasteiger partial charge in [0.05, 0.1) is 6.73 Å². The Labute approximate surface area is 83.6 Å². The molecule has 0 atom stereocenters. The summed E-state index contributed by atoms with van der Waals surface area (Å²) in [7, 11) is 0. The van der Waals surface area contributed by atoms with E-state index in [1.165, 1.54) is 10.4 Å². The molecular weight excluding hydrogens is 182 g/mol. The molecule has 1 rings (SSSR count). The van der Waals surface area contributed by atoms with Gasteiger partial charge in [-0.2, -0.15) is 0 Å². The second-order valence-corrected chi connectivity index (χ2v) is 4.82. The molecule has 13 heavy (non-hydrogen) atoms. The Morgan fingerprint density at radius 1 is 1.54 bits per heavy atom. The van der Waals surface area contributed by atoms with E-state index < -0.39 is 0 Å². The molecule has 2 nitrogen and oxygen atoms in total. The van der Waals surface area contributed by atoms with E-state index in [4.69, 9.17) is 5.11 Å². The van der Waals surface area contributed by atoms with Crippen LogP contribution < -0.4 is 5.32 Å². The zero-order valence-electron chi connectivity index (χ0n) is 8.42. The van der Waals surface area contributed by atoms with Gasteiger partial charge in [-0.3, -0.25) is 5.32 Å². The minimum Gasteiger partial charge on any atom is -0.381 e. The third-order valence-electron chi connectivity index (χ3n) is 2.16. The van der Waals surface area contributed by atoms with Gasteiger partial charge in [0.25, 0.3) is 0 Å². The molecule has 0 aliphatic rings. The first-order valence-electron chi connectivity index (χ1n) is 4.44. The molecule has 0 aromatic carbocycles. The van der Waals surface area contributed by atoms with Gasteiger partial charge in [-0.05, 0) is 23.9 Å². The van der Waals surface area contributed by atoms with Crippen LogP contribution in [0.1, 0.15) is 24.3 Å². The lowest BCUT2D eigenvalue weighted by Crippen LogP contribution is -2.33. The van der Waals surface area contributed by atoms with Crippen molar-refractivity contribution in [1.82, 2.24) is 5.32 Å². The number of hydrogen-bond acceptors (Lipinski definition) is 3. The molecule has 0 fully saturated rings. The molecule has 74 valence electrons. The van der Waals surface area contributed by atoms with Crippen LogP contribution in [-0.4, -0.2) is 18.4 Å². The first kappa shape index (κ1) is 10.7. The summed E-state index contributed by atoms with van der Waals surface area (Å²) in [5.41, 5.74) is 1.45. The molecule has 3 heteroatoms. The average Bonchev–Trinajstić information content (AvgIpc) is 2.48. The second kappa shape index (κ2) is 4.22. The summed E-state index contributed by atoms with van der Waals surface area (Å²) in [5, 5.41) is 13.8. The monoisotopic (exact) mass is 199 g/mol. The Bertz CT molecular complexity index is 268. The highest BCUT2D eigenvalue weighted by Gasteiger charge is 2.22. The highest BCUT2D eigenvalue weighted by molar-refractivity contribution is 7.10. The maximum Gasteiger partial charge on any atom is 0.0931 e. The smallest absolute Gasteiger partial charge is 0.0931 e. The Morgan fingerprint density at radius 2 is 2.23 bits per heavy atom. The van der Waals surface area contributed by atoms with Crippen LogP contribution in [0.4, 0.5) is 0 Å². The van der Waals surface area contributed by atoms with E-state index in [0.717, 1.165) is 6.54 Å². The maximum atomic E-state index is 8.69. The molecule has 1 heterocycles. The quantitative estimate of drug-likeness (QED) is 0.726. The summed E-state index contributed by atoms with van der Waals surface area (Å²) in [6.45, 7) is 7.37. The predicted molar refractivity (Wildman–Crippen MR) is 57.2 cm³/mol. The fraction of sp³-hybridized carbons (Fsp3) is 0.600. The Hall–Kier alpha value is -0.380. The van der Waals surface area contributed by atoms with Crippen LogP contribution in [0.3, 0.4) is 0 Å². The summed E-state index contributed by atoms with van der Waals surface area (Å²) >= 11 is 1.79. The molecule has 0 aliphatic carbocycles. The van der Waals surface area contributed by atoms with Crippen molar-refractivity contribution in [3.8, 4) is 0 Å². The normalized spacial score (nSPS) is 12.0. The van der Waals surface area contributed by atoms with Crippen LogP contribution in [-0.2, 0) is 5.41 Å². The van der Waals surface area contributed by atoms with Gasteiger partial charge in [-0.1, -0.05) is 13.8 Å². The summed E-state index contributed by atoms with van der Waals surface area (Å²) in [5.74, 6) is 0. The summed E-state index contributed by atoms with van der Waals surface area (Å²) < 4.78 is 0. The molecule has 1 aromatic rings. The van der Waals surface area contributed by atoms with Crippen LogP contribution in [0.15, 0.2) is 11.4 Å². The van der Waals surface area contributed by atoms with Crippen molar-refractivity contribution < 1.29 is 5.11 Å². The van der Waals surface area contributed by atoms with Crippen molar-refractivity contribution in [3.63, 3.8) is 0 Å². The Kier molecular flexibility index (Phi) is 3.47. The van der Waals surface area contributed by atoms with E-state index in [2.05, 4.69) is 37.5 Å². The van der Waals surface area contributed by atoms with Gasteiger partial charge in [-0.15, -0.1) is 11.3 Å². The molecule has 0 spiro atoms. The highest BCUT2D eigenvalue weighted by Crippen LogP contribution is 2.30. The number of rotatable bonds is 4. The third kappa shape index (κ3) is 2.53. The van der Waals surface area contributed by atoms with Crippen molar-refractivity contribution in [3.05, 3.63) is 21.9 Å². The van der Waals surface area contributed by atoms with E-state index in [1.54, 1.807) is 11.3 Å². The number of aryl methyl sites for hydroxylation is 1. The number of aliphatic hydroxyl groups is 1. The van der Waals surface area contributed by atoms with Crippen LogP contribution in [0, 0.1) is 6.92 Å². The van der Waals surface area contributed by atoms with Gasteiger partial charge in [0.2, 0.25) is 0 Å². The molecule has 2 N–H and O–H groups in total. The van der Waals surface area contributed by atoms with Crippen LogP contribution in [0.5, 0.6) is 0 Å². The van der Waals surface area contributed by atoms with E-state index in [0.29, 0.717) is 0 Å². The fourth-order valence-electron chi connectivity index (χ4n) is 1.51. The minimum absolute atomic E-state index is 0.0495. The van der Waals surface area contributed by atoms with Crippen molar-refractivity contribution in [2.45, 2.75) is 26.2 Å². The van der Waals surface area contributed by atoms with Crippen LogP contribution in [0.25, 0.3) is 0 Å². The first-order valence-corrected chi connectivity index (χ1v) is 5.32. The molecule has 0 unspecified atom stereocenters. The zero-order chi connectivity index (χ0) is 9.90. The summed E-state index contributed by atoms with van der Waals surface area (Å²) in [6.07, 6.45) is 0. The number of nitrogens with one attached hydrogen (secondary N) is 1. The molecule has 1 aromatic heterocycles. The molecule has 0 amide bonds. The van der Waals surface area contributed by atoms with Crippen molar-refractivity contribution in [1.29, 1.82) is 0 Å². The molecule has 0 saturated carbocycles. The van der Waals surface area contributed by atoms with E-state index >= 15 is 0 Å². The van der Waals surface area contributed by atoms with Gasteiger partial charge in [0.15, 0.2) is 0 Å². The molecule has 0 aliphatic heterocycles. The number of hydrogen-bond donors (Lipinski definition) is 2. The molecule has 0 saturated heterocycles. The van der Waals surface area contributed by atoms with E-state index in [9.17, 15) is 0 Å². The number of thiophene rings is 1. The molecule has 0 bridgehead atoms. The summed E-state index contributed by atoms with van der Waals surface area (Å²) in [4.78, 5) is 1.40. The predicted octanol–water partition coefficient (Wildman–Crippen LogP) is 1.87. The van der Waals surface area contributed by atoms with Gasteiger partial charge in [0, 0.05) is 16.8 Å². The lowest BCUT2D eigenvalue weighted by Gasteiger charge is -2.24. The van der Waals surface area contributed by atoms with Gasteiger partial charge < -0.3 is 5.11 Å². The van der Waals surface area contributed by atoms with Crippen molar-refractivity contribution >= 4 is 11.3 Å². The summed E-state index contributed by atoms with van der Waals surface area (Å²) in [6, 6.07) is 2.14. The second-order valence-electron chi connectivity index (χ2n) is 3.90. The van der Waals surface area contributed by atoms with E-state index in [-0.39, 0.29) is 12.1 Å². The number of aliphatic hydroxyl groups excluding tert-OH is 1. The molecule has 0 radical (unpaired) electrons. The standard InChI is InChI=1S/C10H17NOS/c1-8-4-5-13-9(8)10(2,3)6-11-7-12/h4-5,11-12H,6-7H2,1-3H3. The topological polar surface area (TPSA) is 32.3 Å².